The molecule has 0 radical (unpaired) electrons. The monoisotopic (exact) mass is 219 g/mol. The van der Waals surface area contributed by atoms with Crippen LogP contribution in [0.2, 0.25) is 0 Å². The number of amides is 1. The fourth-order valence-electron chi connectivity index (χ4n) is 1.12. The summed E-state index contributed by atoms with van der Waals surface area (Å²) >= 11 is 0. The van der Waals surface area contributed by atoms with E-state index in [1.54, 1.807) is 13.0 Å². The molecule has 82 valence electrons. The summed E-state index contributed by atoms with van der Waals surface area (Å²) in [6.07, 6.45) is 2.84. The summed E-state index contributed by atoms with van der Waals surface area (Å²) < 4.78 is 0. The van der Waals surface area contributed by atoms with Crippen LogP contribution in [0.1, 0.15) is 29.1 Å². The van der Waals surface area contributed by atoms with E-state index < -0.39 is 0 Å². The van der Waals surface area contributed by atoms with Crippen LogP contribution >= 0.6 is 0 Å². The molecule has 8 heteroatoms. The Morgan fingerprint density at radius 1 is 1.50 bits per heavy atom. The van der Waals surface area contributed by atoms with Crippen molar-refractivity contribution in [1.82, 2.24) is 36.1 Å². The number of H-pyrrole nitrogens is 1. The first-order valence-electron chi connectivity index (χ1n) is 4.58. The van der Waals surface area contributed by atoms with Gasteiger partial charge >= 0.3 is 0 Å². The van der Waals surface area contributed by atoms with E-state index in [1.807, 2.05) is 0 Å². The van der Waals surface area contributed by atoms with E-state index in [0.29, 0.717) is 11.4 Å². The Morgan fingerprint density at radius 3 is 3.00 bits per heavy atom. The summed E-state index contributed by atoms with van der Waals surface area (Å²) in [6.45, 7) is 1.76. The van der Waals surface area contributed by atoms with E-state index in [1.165, 1.54) is 12.4 Å². The lowest BCUT2D eigenvalue weighted by Gasteiger charge is -2.08. The summed E-state index contributed by atoms with van der Waals surface area (Å²) in [6, 6.07) is 1.25. The molecule has 2 rings (SSSR count). The van der Waals surface area contributed by atoms with Gasteiger partial charge in [0, 0.05) is 0 Å². The van der Waals surface area contributed by atoms with E-state index in [-0.39, 0.29) is 11.9 Å². The van der Waals surface area contributed by atoms with Crippen molar-refractivity contribution in [2.75, 3.05) is 0 Å². The second-order valence-corrected chi connectivity index (χ2v) is 3.10. The topological polar surface area (TPSA) is 109 Å². The minimum absolute atomic E-state index is 0.257. The third-order valence-electron chi connectivity index (χ3n) is 1.94. The molecule has 1 amide bonds. The zero-order valence-electron chi connectivity index (χ0n) is 8.45. The quantitative estimate of drug-likeness (QED) is 0.718. The first kappa shape index (κ1) is 10.1. The van der Waals surface area contributed by atoms with Crippen LogP contribution in [0.5, 0.6) is 0 Å². The average Bonchev–Trinajstić information content (AvgIpc) is 2.83. The van der Waals surface area contributed by atoms with Crippen LogP contribution in [-0.4, -0.2) is 36.7 Å². The number of nitrogens with one attached hydrogen (secondary N) is 2. The van der Waals surface area contributed by atoms with Gasteiger partial charge in [-0.3, -0.25) is 4.79 Å². The van der Waals surface area contributed by atoms with Crippen LogP contribution in [-0.2, 0) is 0 Å². The maximum atomic E-state index is 11.7. The first-order chi connectivity index (χ1) is 7.77. The van der Waals surface area contributed by atoms with Gasteiger partial charge in [0.25, 0.3) is 5.91 Å². The Morgan fingerprint density at radius 2 is 2.38 bits per heavy atom. The van der Waals surface area contributed by atoms with Gasteiger partial charge in [0.15, 0.2) is 5.82 Å². The van der Waals surface area contributed by atoms with Crippen LogP contribution in [0.4, 0.5) is 0 Å². The SMILES string of the molecule is CC(NC(=O)c1ccnnc1)c1nn[nH]n1. The molecule has 1 unspecified atom stereocenters. The third-order valence-corrected chi connectivity index (χ3v) is 1.94. The first-order valence-corrected chi connectivity index (χ1v) is 4.58. The lowest BCUT2D eigenvalue weighted by atomic mass is 10.2. The fourth-order valence-corrected chi connectivity index (χ4v) is 1.12. The number of carbonyl (C=O) groups is 1. The van der Waals surface area contributed by atoms with Crippen molar-refractivity contribution < 1.29 is 4.79 Å². The highest BCUT2D eigenvalue weighted by Gasteiger charge is 2.14. The van der Waals surface area contributed by atoms with Gasteiger partial charge in [-0.1, -0.05) is 5.21 Å². The predicted octanol–water partition coefficient (Wildman–Crippen LogP) is -0.519. The van der Waals surface area contributed by atoms with Gasteiger partial charge in [-0.05, 0) is 13.0 Å². The average molecular weight is 219 g/mol. The predicted molar refractivity (Wildman–Crippen MR) is 52.1 cm³/mol. The molecule has 2 N–H and O–H groups in total. The number of hydrogen-bond acceptors (Lipinski definition) is 6. The van der Waals surface area contributed by atoms with Crippen molar-refractivity contribution in [2.45, 2.75) is 13.0 Å². The van der Waals surface area contributed by atoms with Crippen LogP contribution in [0.15, 0.2) is 18.5 Å². The van der Waals surface area contributed by atoms with Crippen molar-refractivity contribution >= 4 is 5.91 Å². The fraction of sp³-hybridized carbons (Fsp3) is 0.250. The van der Waals surface area contributed by atoms with E-state index in [4.69, 9.17) is 0 Å². The number of aromatic nitrogens is 6. The molecule has 0 saturated heterocycles. The highest BCUT2D eigenvalue weighted by molar-refractivity contribution is 5.93. The smallest absolute Gasteiger partial charge is 0.253 e. The number of carbonyl (C=O) groups excluding carboxylic acids is 1. The lowest BCUT2D eigenvalue weighted by molar-refractivity contribution is 0.0937. The van der Waals surface area contributed by atoms with Crippen LogP contribution < -0.4 is 5.32 Å². The van der Waals surface area contributed by atoms with E-state index >= 15 is 0 Å². The third kappa shape index (κ3) is 2.16. The zero-order chi connectivity index (χ0) is 11.4. The van der Waals surface area contributed by atoms with E-state index in [9.17, 15) is 4.79 Å². The van der Waals surface area contributed by atoms with Gasteiger partial charge in [-0.25, -0.2) is 0 Å². The second-order valence-electron chi connectivity index (χ2n) is 3.10. The number of rotatable bonds is 3. The maximum Gasteiger partial charge on any atom is 0.253 e. The number of nitrogens with zero attached hydrogens (tertiary/aromatic N) is 5. The summed E-state index contributed by atoms with van der Waals surface area (Å²) in [4.78, 5) is 11.7. The Bertz CT molecular complexity index is 455. The molecule has 2 aromatic heterocycles. The number of tetrazole rings is 1. The van der Waals surface area contributed by atoms with E-state index in [2.05, 4.69) is 36.1 Å². The molecule has 8 nitrogen and oxygen atoms in total. The van der Waals surface area contributed by atoms with Gasteiger partial charge in [-0.15, -0.1) is 10.2 Å². The molecule has 0 bridgehead atoms. The molecule has 16 heavy (non-hydrogen) atoms. The molecule has 1 atom stereocenters. The summed E-state index contributed by atoms with van der Waals surface area (Å²) in [5.74, 6) is 0.169. The van der Waals surface area contributed by atoms with Crippen LogP contribution in [0.3, 0.4) is 0 Å². The highest BCUT2D eigenvalue weighted by atomic mass is 16.1. The Hall–Kier alpha value is -2.38. The van der Waals surface area contributed by atoms with Gasteiger partial charge in [-0.2, -0.15) is 15.4 Å². The van der Waals surface area contributed by atoms with Crippen LogP contribution in [0, 0.1) is 0 Å². The van der Waals surface area contributed by atoms with Crippen molar-refractivity contribution in [3.63, 3.8) is 0 Å². The number of aromatic amines is 1. The molecule has 2 aromatic rings. The minimum atomic E-state index is -0.320. The summed E-state index contributed by atoms with van der Waals surface area (Å²) in [7, 11) is 0. The molecule has 0 spiro atoms. The second kappa shape index (κ2) is 4.43. The lowest BCUT2D eigenvalue weighted by Crippen LogP contribution is -2.27. The summed E-state index contributed by atoms with van der Waals surface area (Å²) in [5.41, 5.74) is 0.436. The Kier molecular flexibility index (Phi) is 2.81. The molecule has 0 aliphatic heterocycles. The van der Waals surface area contributed by atoms with Crippen molar-refractivity contribution in [2.24, 2.45) is 0 Å². The highest BCUT2D eigenvalue weighted by Crippen LogP contribution is 2.05. The van der Waals surface area contributed by atoms with Gasteiger partial charge in [0.05, 0.1) is 24.0 Å². The summed E-state index contributed by atoms with van der Waals surface area (Å²) in [5, 5.41) is 23.2. The molecule has 0 aliphatic rings. The zero-order valence-corrected chi connectivity index (χ0v) is 8.45. The van der Waals surface area contributed by atoms with Gasteiger partial charge in [0.2, 0.25) is 0 Å². The van der Waals surface area contributed by atoms with Crippen molar-refractivity contribution in [3.8, 4) is 0 Å². The standard InChI is InChI=1S/C8H9N7O/c1-5(7-12-14-15-13-7)11-8(16)6-2-3-9-10-4-6/h2-5H,1H3,(H,11,16)(H,12,13,14,15). The van der Waals surface area contributed by atoms with Crippen LogP contribution in [0.25, 0.3) is 0 Å². The molecule has 0 saturated carbocycles. The van der Waals surface area contributed by atoms with E-state index in [0.717, 1.165) is 0 Å². The molecule has 0 aliphatic carbocycles. The Labute approximate surface area is 90.5 Å². The number of hydrogen-bond donors (Lipinski definition) is 2. The molecule has 0 fully saturated rings. The molecule has 0 aromatic carbocycles. The van der Waals surface area contributed by atoms with Gasteiger partial charge < -0.3 is 5.32 Å². The largest absolute Gasteiger partial charge is 0.342 e. The van der Waals surface area contributed by atoms with Gasteiger partial charge in [0.1, 0.15) is 0 Å². The maximum absolute atomic E-state index is 11.7. The Balaban J connectivity index is 2.03. The minimum Gasteiger partial charge on any atom is -0.342 e. The van der Waals surface area contributed by atoms with Crippen molar-refractivity contribution in [3.05, 3.63) is 29.8 Å². The molecule has 2 heterocycles. The molecular weight excluding hydrogens is 210 g/mol. The normalized spacial score (nSPS) is 12.1. The molecular formula is C8H9N7O. The van der Waals surface area contributed by atoms with Crippen molar-refractivity contribution in [1.29, 1.82) is 0 Å².